The zero-order valence-electron chi connectivity index (χ0n) is 16.5. The van der Waals surface area contributed by atoms with Gasteiger partial charge in [0.1, 0.15) is 9.88 Å². The summed E-state index contributed by atoms with van der Waals surface area (Å²) in [6.45, 7) is 7.41. The smallest absolute Gasteiger partial charge is 0.263 e. The van der Waals surface area contributed by atoms with Gasteiger partial charge in [0.05, 0.1) is 14.9 Å². The Bertz CT molecular complexity index is 836. The molecular formula is C20H26ClN3O2S2. The van der Waals surface area contributed by atoms with Crippen LogP contribution in [0.3, 0.4) is 0 Å². The predicted octanol–water partition coefficient (Wildman–Crippen LogP) is 4.99. The fourth-order valence-corrected chi connectivity index (χ4v) is 5.60. The van der Waals surface area contributed by atoms with Crippen molar-refractivity contribution in [1.29, 1.82) is 0 Å². The van der Waals surface area contributed by atoms with E-state index in [0.717, 1.165) is 41.3 Å². The number of carbonyl (C=O) groups is 2. The lowest BCUT2D eigenvalue weighted by molar-refractivity contribution is -0.136. The average Bonchev–Trinajstić information content (AvgIpc) is 3.29. The van der Waals surface area contributed by atoms with E-state index in [1.807, 2.05) is 24.0 Å². The van der Waals surface area contributed by atoms with Gasteiger partial charge in [-0.2, -0.15) is 0 Å². The van der Waals surface area contributed by atoms with Crippen LogP contribution in [0.4, 0.5) is 0 Å². The normalized spacial score (nSPS) is 15.2. The fourth-order valence-electron chi connectivity index (χ4n) is 3.53. The van der Waals surface area contributed by atoms with Crippen LogP contribution in [-0.4, -0.2) is 40.8 Å². The van der Waals surface area contributed by atoms with Crippen LogP contribution < -0.4 is 5.32 Å². The number of nitrogens with one attached hydrogen (secondary N) is 1. The highest BCUT2D eigenvalue weighted by Crippen LogP contribution is 2.35. The molecule has 1 N–H and O–H groups in total. The Morgan fingerprint density at radius 2 is 1.93 bits per heavy atom. The third-order valence-corrected chi connectivity index (χ3v) is 7.82. The van der Waals surface area contributed by atoms with Crippen LogP contribution in [0, 0.1) is 12.8 Å². The number of hydrogen-bond donors (Lipinski definition) is 1. The molecule has 0 atom stereocenters. The summed E-state index contributed by atoms with van der Waals surface area (Å²) in [5.41, 5.74) is 0.739. The van der Waals surface area contributed by atoms with Gasteiger partial charge in [0.2, 0.25) is 5.91 Å². The molecule has 0 bridgehead atoms. The summed E-state index contributed by atoms with van der Waals surface area (Å²) in [5, 5.41) is 3.96. The van der Waals surface area contributed by atoms with E-state index in [1.54, 1.807) is 0 Å². The van der Waals surface area contributed by atoms with Crippen molar-refractivity contribution in [3.63, 3.8) is 0 Å². The molecule has 2 amide bonds. The molecule has 2 aromatic heterocycles. The molecule has 1 aliphatic rings. The number of nitrogens with zero attached hydrogens (tertiary/aromatic N) is 2. The molecular weight excluding hydrogens is 414 g/mol. The van der Waals surface area contributed by atoms with Crippen molar-refractivity contribution in [2.75, 3.05) is 13.1 Å². The van der Waals surface area contributed by atoms with Crippen molar-refractivity contribution in [1.82, 2.24) is 15.2 Å². The molecule has 1 saturated heterocycles. The number of aryl methyl sites for hydroxylation is 1. The monoisotopic (exact) mass is 439 g/mol. The van der Waals surface area contributed by atoms with Crippen LogP contribution in [-0.2, 0) is 4.79 Å². The van der Waals surface area contributed by atoms with Gasteiger partial charge in [-0.25, -0.2) is 4.98 Å². The third-order valence-electron chi connectivity index (χ3n) is 5.26. The fraction of sp³-hybridized carbons (Fsp3) is 0.550. The summed E-state index contributed by atoms with van der Waals surface area (Å²) in [4.78, 5) is 33.4. The van der Waals surface area contributed by atoms with Crippen LogP contribution >= 0.6 is 34.3 Å². The van der Waals surface area contributed by atoms with Crippen molar-refractivity contribution in [2.45, 2.75) is 52.5 Å². The molecule has 152 valence electrons. The molecule has 2 aromatic rings. The lowest BCUT2D eigenvalue weighted by atomic mass is 9.98. The summed E-state index contributed by atoms with van der Waals surface area (Å²) in [7, 11) is 0. The number of piperidine rings is 1. The largest absolute Gasteiger partial charge is 0.348 e. The van der Waals surface area contributed by atoms with Gasteiger partial charge in [-0.3, -0.25) is 9.59 Å². The van der Waals surface area contributed by atoms with E-state index in [2.05, 4.69) is 24.1 Å². The van der Waals surface area contributed by atoms with Crippen LogP contribution in [0.1, 0.15) is 54.9 Å². The van der Waals surface area contributed by atoms with Crippen LogP contribution in [0.25, 0.3) is 9.88 Å². The summed E-state index contributed by atoms with van der Waals surface area (Å²) in [6, 6.07) is 3.87. The number of likely N-dealkylation sites (tertiary alicyclic amines) is 1. The first-order valence-corrected chi connectivity index (χ1v) is 11.8. The molecule has 0 aromatic carbocycles. The maximum absolute atomic E-state index is 12.8. The number of thiophene rings is 1. The lowest BCUT2D eigenvalue weighted by Gasteiger charge is -2.34. The standard InChI is InChI=1S/C20H26ClN3O2S2/c1-4-13(5-2)20(26)24-10-8-14(9-11-24)23-18(25)17-12(3)22-19(28-17)15-6-7-16(21)27-15/h6-7,13-14H,4-5,8-11H2,1-3H3,(H,23,25). The van der Waals surface area contributed by atoms with Crippen LogP contribution in [0.2, 0.25) is 4.34 Å². The van der Waals surface area contributed by atoms with Crippen molar-refractivity contribution in [3.05, 3.63) is 27.0 Å². The molecule has 0 saturated carbocycles. The summed E-state index contributed by atoms with van der Waals surface area (Å²) < 4.78 is 0.712. The second kappa shape index (κ2) is 9.37. The van der Waals surface area contributed by atoms with Crippen LogP contribution in [0.15, 0.2) is 12.1 Å². The summed E-state index contributed by atoms with van der Waals surface area (Å²) in [6.07, 6.45) is 3.36. The molecule has 3 heterocycles. The minimum atomic E-state index is -0.0753. The van der Waals surface area contributed by atoms with Crippen LogP contribution in [0.5, 0.6) is 0 Å². The number of hydrogen-bond acceptors (Lipinski definition) is 5. The Morgan fingerprint density at radius 1 is 1.25 bits per heavy atom. The van der Waals surface area contributed by atoms with Gasteiger partial charge in [-0.05, 0) is 44.7 Å². The molecule has 0 aliphatic carbocycles. The maximum atomic E-state index is 12.8. The minimum Gasteiger partial charge on any atom is -0.348 e. The Hall–Kier alpha value is -1.44. The van der Waals surface area contributed by atoms with E-state index in [0.29, 0.717) is 22.3 Å². The molecule has 0 unspecified atom stereocenters. The number of halogens is 1. The number of aromatic nitrogens is 1. The molecule has 3 rings (SSSR count). The van der Waals surface area contributed by atoms with E-state index in [9.17, 15) is 9.59 Å². The molecule has 28 heavy (non-hydrogen) atoms. The third kappa shape index (κ3) is 4.75. The Labute approximate surface area is 179 Å². The van der Waals surface area contributed by atoms with Gasteiger partial charge in [0.25, 0.3) is 5.91 Å². The minimum absolute atomic E-state index is 0.0753. The number of amides is 2. The Kier molecular flexibility index (Phi) is 7.12. The van der Waals surface area contributed by atoms with Gasteiger partial charge < -0.3 is 10.2 Å². The number of thiazole rings is 1. The highest BCUT2D eigenvalue weighted by molar-refractivity contribution is 7.24. The predicted molar refractivity (Wildman–Crippen MR) is 116 cm³/mol. The summed E-state index contributed by atoms with van der Waals surface area (Å²) >= 11 is 8.87. The highest BCUT2D eigenvalue weighted by Gasteiger charge is 2.28. The van der Waals surface area contributed by atoms with E-state index in [1.165, 1.54) is 22.7 Å². The van der Waals surface area contributed by atoms with Gasteiger partial charge in [0.15, 0.2) is 0 Å². The van der Waals surface area contributed by atoms with E-state index in [4.69, 9.17) is 11.6 Å². The zero-order chi connectivity index (χ0) is 20.3. The molecule has 0 spiro atoms. The molecule has 8 heteroatoms. The molecule has 5 nitrogen and oxygen atoms in total. The number of rotatable bonds is 6. The lowest BCUT2D eigenvalue weighted by Crippen LogP contribution is -2.48. The average molecular weight is 440 g/mol. The molecule has 1 aliphatic heterocycles. The second-order valence-electron chi connectivity index (χ2n) is 7.12. The summed E-state index contributed by atoms with van der Waals surface area (Å²) in [5.74, 6) is 0.302. The second-order valence-corrected chi connectivity index (χ2v) is 9.84. The Balaban J connectivity index is 1.58. The first-order chi connectivity index (χ1) is 13.4. The van der Waals surface area contributed by atoms with Gasteiger partial charge in [-0.1, -0.05) is 25.4 Å². The van der Waals surface area contributed by atoms with Gasteiger partial charge in [0, 0.05) is 25.0 Å². The highest BCUT2D eigenvalue weighted by atomic mass is 35.5. The SMILES string of the molecule is CCC(CC)C(=O)N1CCC(NC(=O)c2sc(-c3ccc(Cl)s3)nc2C)CC1. The van der Waals surface area contributed by atoms with Gasteiger partial charge >= 0.3 is 0 Å². The molecule has 0 radical (unpaired) electrons. The topological polar surface area (TPSA) is 62.3 Å². The van der Waals surface area contributed by atoms with Crippen molar-refractivity contribution < 1.29 is 9.59 Å². The van der Waals surface area contributed by atoms with Crippen molar-refractivity contribution in [2.24, 2.45) is 5.92 Å². The first-order valence-electron chi connectivity index (χ1n) is 9.75. The zero-order valence-corrected chi connectivity index (χ0v) is 18.8. The van der Waals surface area contributed by atoms with Crippen molar-refractivity contribution >= 4 is 46.1 Å². The Morgan fingerprint density at radius 3 is 2.50 bits per heavy atom. The quantitative estimate of drug-likeness (QED) is 0.689. The molecule has 1 fully saturated rings. The van der Waals surface area contributed by atoms with E-state index < -0.39 is 0 Å². The first kappa shape index (κ1) is 21.3. The van der Waals surface area contributed by atoms with Gasteiger partial charge in [-0.15, -0.1) is 22.7 Å². The van der Waals surface area contributed by atoms with E-state index in [-0.39, 0.29) is 23.8 Å². The van der Waals surface area contributed by atoms with E-state index >= 15 is 0 Å². The van der Waals surface area contributed by atoms with Crippen molar-refractivity contribution in [3.8, 4) is 9.88 Å². The maximum Gasteiger partial charge on any atom is 0.263 e. The number of carbonyl (C=O) groups excluding carboxylic acids is 2.